The van der Waals surface area contributed by atoms with Gasteiger partial charge in [-0.3, -0.25) is 4.79 Å². The maximum Gasteiger partial charge on any atom is 0.373 e. The number of nitrogens with zero attached hydrogens (tertiary/aromatic N) is 2. The second kappa shape index (κ2) is 9.71. The summed E-state index contributed by atoms with van der Waals surface area (Å²) < 4.78 is 12.2. The highest BCUT2D eigenvalue weighted by atomic mass is 16.5. The Balaban J connectivity index is 1.60. The van der Waals surface area contributed by atoms with Gasteiger partial charge in [-0.25, -0.2) is 4.79 Å². The van der Waals surface area contributed by atoms with E-state index in [1.807, 2.05) is 71.4 Å². The lowest BCUT2D eigenvalue weighted by Crippen LogP contribution is -2.23. The summed E-state index contributed by atoms with van der Waals surface area (Å²) in [5, 5.41) is 13.3. The van der Waals surface area contributed by atoms with Gasteiger partial charge in [-0.15, -0.1) is 0 Å². The summed E-state index contributed by atoms with van der Waals surface area (Å²) in [5.41, 5.74) is 2.60. The van der Waals surface area contributed by atoms with Gasteiger partial charge in [0.15, 0.2) is 0 Å². The Labute approximate surface area is 190 Å². The van der Waals surface area contributed by atoms with Crippen LogP contribution in [-0.4, -0.2) is 23.6 Å². The molecule has 0 aliphatic rings. The van der Waals surface area contributed by atoms with E-state index in [4.69, 9.17) is 4.42 Å². The van der Waals surface area contributed by atoms with Crippen LogP contribution in [0.15, 0.2) is 82.9 Å². The van der Waals surface area contributed by atoms with Crippen molar-refractivity contribution >= 4 is 28.9 Å². The van der Waals surface area contributed by atoms with Crippen LogP contribution in [0.4, 0.5) is 0 Å². The molecule has 0 aliphatic carbocycles. The molecule has 0 saturated heterocycles. The van der Waals surface area contributed by atoms with Crippen molar-refractivity contribution in [1.82, 2.24) is 9.88 Å². The third-order valence-electron chi connectivity index (χ3n) is 5.15. The van der Waals surface area contributed by atoms with Crippen LogP contribution in [0.5, 0.6) is 0 Å². The summed E-state index contributed by atoms with van der Waals surface area (Å²) in [6.45, 7) is 0.703. The summed E-state index contributed by atoms with van der Waals surface area (Å²) in [7, 11) is 1.30. The first-order valence-corrected chi connectivity index (χ1v) is 10.3. The van der Waals surface area contributed by atoms with Crippen LogP contribution < -0.4 is 5.32 Å². The van der Waals surface area contributed by atoms with E-state index >= 15 is 0 Å². The Morgan fingerprint density at radius 3 is 2.61 bits per heavy atom. The number of furan rings is 1. The number of aromatic nitrogens is 1. The van der Waals surface area contributed by atoms with E-state index in [9.17, 15) is 14.9 Å². The molecule has 0 spiro atoms. The van der Waals surface area contributed by atoms with Gasteiger partial charge in [0.25, 0.3) is 5.91 Å². The van der Waals surface area contributed by atoms with Crippen molar-refractivity contribution in [2.24, 2.45) is 0 Å². The van der Waals surface area contributed by atoms with Crippen molar-refractivity contribution in [1.29, 1.82) is 5.26 Å². The number of nitrogens with one attached hydrogen (secondary N) is 1. The number of para-hydroxylation sites is 1. The molecule has 2 aromatic heterocycles. The number of hydrogen-bond acceptors (Lipinski definition) is 5. The number of hydrogen-bond donors (Lipinski definition) is 1. The topological polar surface area (TPSA) is 97.3 Å². The molecule has 0 atom stereocenters. The Kier molecular flexibility index (Phi) is 6.37. The lowest BCUT2D eigenvalue weighted by Gasteiger charge is -2.04. The van der Waals surface area contributed by atoms with Gasteiger partial charge < -0.3 is 19.0 Å². The van der Waals surface area contributed by atoms with Crippen LogP contribution in [0.25, 0.3) is 17.0 Å². The third-order valence-corrected chi connectivity index (χ3v) is 5.15. The fourth-order valence-corrected chi connectivity index (χ4v) is 3.54. The average Bonchev–Trinajstić information content (AvgIpc) is 3.46. The van der Waals surface area contributed by atoms with Gasteiger partial charge in [-0.05, 0) is 29.8 Å². The number of nitriles is 1. The van der Waals surface area contributed by atoms with Crippen LogP contribution in [0, 0.1) is 11.3 Å². The van der Waals surface area contributed by atoms with Gasteiger partial charge in [0, 0.05) is 29.2 Å². The molecule has 2 heterocycles. The number of methoxy groups -OCH3 is 1. The van der Waals surface area contributed by atoms with Gasteiger partial charge in [0.2, 0.25) is 5.76 Å². The first-order chi connectivity index (χ1) is 16.1. The minimum Gasteiger partial charge on any atom is -0.463 e. The molecular weight excluding hydrogens is 418 g/mol. The van der Waals surface area contributed by atoms with E-state index in [0.29, 0.717) is 18.8 Å². The smallest absolute Gasteiger partial charge is 0.373 e. The summed E-state index contributed by atoms with van der Waals surface area (Å²) in [5.74, 6) is -0.270. The highest BCUT2D eigenvalue weighted by Gasteiger charge is 2.15. The van der Waals surface area contributed by atoms with Crippen molar-refractivity contribution in [3.63, 3.8) is 0 Å². The number of esters is 1. The first kappa shape index (κ1) is 21.7. The largest absolute Gasteiger partial charge is 0.463 e. The van der Waals surface area contributed by atoms with Crippen molar-refractivity contribution in [3.8, 4) is 6.07 Å². The van der Waals surface area contributed by atoms with Crippen LogP contribution in [0.2, 0.25) is 0 Å². The maximum atomic E-state index is 12.6. The van der Waals surface area contributed by atoms with E-state index in [1.165, 1.54) is 7.11 Å². The summed E-state index contributed by atoms with van der Waals surface area (Å²) >= 11 is 0. The van der Waals surface area contributed by atoms with Gasteiger partial charge >= 0.3 is 5.97 Å². The van der Waals surface area contributed by atoms with Crippen molar-refractivity contribution < 1.29 is 18.7 Å². The zero-order valence-electron chi connectivity index (χ0n) is 17.9. The molecule has 33 heavy (non-hydrogen) atoms. The minimum absolute atomic E-state index is 0.0137. The lowest BCUT2D eigenvalue weighted by atomic mass is 10.1. The molecule has 7 nitrogen and oxygen atoms in total. The molecule has 1 amide bonds. The van der Waals surface area contributed by atoms with Crippen LogP contribution in [0.3, 0.4) is 0 Å². The Bertz CT molecular complexity index is 1370. The van der Waals surface area contributed by atoms with E-state index < -0.39 is 11.9 Å². The molecule has 0 bridgehead atoms. The quantitative estimate of drug-likeness (QED) is 0.263. The van der Waals surface area contributed by atoms with Crippen LogP contribution in [0.1, 0.15) is 27.4 Å². The van der Waals surface area contributed by atoms with Crippen molar-refractivity contribution in [2.75, 3.05) is 7.11 Å². The zero-order valence-corrected chi connectivity index (χ0v) is 17.9. The highest BCUT2D eigenvalue weighted by molar-refractivity contribution is 6.04. The second-order valence-corrected chi connectivity index (χ2v) is 7.33. The van der Waals surface area contributed by atoms with Gasteiger partial charge in [-0.1, -0.05) is 48.5 Å². The Hall–Kier alpha value is -4.57. The second-order valence-electron chi connectivity index (χ2n) is 7.33. The fraction of sp³-hybridized carbons (Fsp3) is 0.115. The average molecular weight is 439 g/mol. The number of fused-ring (bicyclic) bond motifs is 1. The molecule has 0 unspecified atom stereocenters. The fourth-order valence-electron chi connectivity index (χ4n) is 3.54. The molecule has 0 saturated carbocycles. The van der Waals surface area contributed by atoms with E-state index in [1.54, 1.807) is 18.2 Å². The SMILES string of the molecule is COC(=O)c1ccc(Cn2cc(/C=C(/C#N)C(=O)NCc3ccccc3)c3ccccc32)o1. The van der Waals surface area contributed by atoms with Crippen LogP contribution >= 0.6 is 0 Å². The van der Waals surface area contributed by atoms with Crippen molar-refractivity contribution in [2.45, 2.75) is 13.1 Å². The van der Waals surface area contributed by atoms with Gasteiger partial charge in [0.05, 0.1) is 13.7 Å². The number of carbonyl (C=O) groups is 2. The molecule has 4 rings (SSSR count). The molecule has 0 fully saturated rings. The van der Waals surface area contributed by atoms with Gasteiger partial charge in [-0.2, -0.15) is 5.26 Å². The normalized spacial score (nSPS) is 11.2. The standard InChI is InChI=1S/C26H21N3O4/c1-32-26(31)24-12-11-21(33-24)17-29-16-20(22-9-5-6-10-23(22)29)13-19(14-27)25(30)28-15-18-7-3-2-4-8-18/h2-13,16H,15,17H2,1H3,(H,28,30)/b19-13-. The zero-order chi connectivity index (χ0) is 23.2. The predicted octanol–water partition coefficient (Wildman–Crippen LogP) is 4.29. The number of benzene rings is 2. The number of ether oxygens (including phenoxy) is 1. The van der Waals surface area contributed by atoms with E-state index in [2.05, 4.69) is 10.1 Å². The van der Waals surface area contributed by atoms with E-state index in [-0.39, 0.29) is 11.3 Å². The molecule has 7 heteroatoms. The molecular formula is C26H21N3O4. The third kappa shape index (κ3) is 4.86. The minimum atomic E-state index is -0.539. The molecule has 1 N–H and O–H groups in total. The van der Waals surface area contributed by atoms with Crippen molar-refractivity contribution in [3.05, 3.63) is 101 Å². The first-order valence-electron chi connectivity index (χ1n) is 10.3. The monoisotopic (exact) mass is 439 g/mol. The van der Waals surface area contributed by atoms with Crippen LogP contribution in [-0.2, 0) is 22.6 Å². The molecule has 0 aliphatic heterocycles. The number of rotatable bonds is 7. The Morgan fingerprint density at radius 1 is 1.09 bits per heavy atom. The molecule has 2 aromatic carbocycles. The molecule has 164 valence electrons. The molecule has 0 radical (unpaired) electrons. The summed E-state index contributed by atoms with van der Waals surface area (Å²) in [6, 6.07) is 22.5. The maximum absolute atomic E-state index is 12.6. The Morgan fingerprint density at radius 2 is 1.85 bits per heavy atom. The number of carbonyl (C=O) groups excluding carboxylic acids is 2. The summed E-state index contributed by atoms with van der Waals surface area (Å²) in [4.78, 5) is 24.3. The lowest BCUT2D eigenvalue weighted by molar-refractivity contribution is -0.117. The number of amides is 1. The van der Waals surface area contributed by atoms with Gasteiger partial charge in [0.1, 0.15) is 17.4 Å². The summed E-state index contributed by atoms with van der Waals surface area (Å²) in [6.07, 6.45) is 3.44. The van der Waals surface area contributed by atoms with E-state index in [0.717, 1.165) is 22.0 Å². The highest BCUT2D eigenvalue weighted by Crippen LogP contribution is 2.25. The molecule has 4 aromatic rings. The predicted molar refractivity (Wildman–Crippen MR) is 123 cm³/mol.